The van der Waals surface area contributed by atoms with E-state index in [9.17, 15) is 14.7 Å². The van der Waals surface area contributed by atoms with Crippen molar-refractivity contribution in [1.82, 2.24) is 4.57 Å². The predicted octanol–water partition coefficient (Wildman–Crippen LogP) is 1.79. The molecular weight excluding hydrogens is 365 g/mol. The molecule has 3 aliphatic rings. The van der Waals surface area contributed by atoms with Crippen LogP contribution in [-0.4, -0.2) is 47.0 Å². The fraction of sp³-hybridized carbons (Fsp3) is 0.500. The molecular formula is C20H22FN3O4. The molecule has 1 aromatic carbocycles. The van der Waals surface area contributed by atoms with Crippen molar-refractivity contribution in [3.8, 4) is 0 Å². The smallest absolute Gasteiger partial charge is 0.341 e. The highest BCUT2D eigenvalue weighted by atomic mass is 19.1. The molecule has 5 rings (SSSR count). The molecule has 2 saturated heterocycles. The number of rotatable bonds is 3. The van der Waals surface area contributed by atoms with Gasteiger partial charge in [-0.2, -0.15) is 0 Å². The lowest BCUT2D eigenvalue weighted by Gasteiger charge is -2.28. The molecule has 2 aromatic rings. The number of aromatic carboxylic acids is 1. The van der Waals surface area contributed by atoms with Gasteiger partial charge in [-0.3, -0.25) is 4.79 Å². The van der Waals surface area contributed by atoms with Crippen LogP contribution in [0, 0.1) is 12.7 Å². The standard InChI is InChI=1S/C20H22FN3O4/c1-9-16-11(18(25)12(20(26)27)7-23(16)10-2-3-10)6-13(21)17(9)24-8-14(22)19-15(24)4-5-28-19/h6-7,10,14-15,19H,2-5,8,22H2,1H3,(H,26,27). The summed E-state index contributed by atoms with van der Waals surface area (Å²) in [5.74, 6) is -1.81. The Hall–Kier alpha value is -2.45. The number of hydrogen-bond donors (Lipinski definition) is 2. The van der Waals surface area contributed by atoms with Crippen LogP contribution in [0.4, 0.5) is 10.1 Å². The van der Waals surface area contributed by atoms with Gasteiger partial charge in [0.15, 0.2) is 0 Å². The van der Waals surface area contributed by atoms with Crippen LogP contribution in [-0.2, 0) is 4.74 Å². The highest BCUT2D eigenvalue weighted by molar-refractivity contribution is 5.95. The number of nitrogens with zero attached hydrogens (tertiary/aromatic N) is 2. The number of benzene rings is 1. The van der Waals surface area contributed by atoms with Crippen molar-refractivity contribution in [2.45, 2.75) is 50.4 Å². The number of pyridine rings is 1. The summed E-state index contributed by atoms with van der Waals surface area (Å²) in [4.78, 5) is 26.2. The van der Waals surface area contributed by atoms with Crippen molar-refractivity contribution in [3.05, 3.63) is 39.4 Å². The van der Waals surface area contributed by atoms with Crippen molar-refractivity contribution in [2.75, 3.05) is 18.1 Å². The lowest BCUT2D eigenvalue weighted by Crippen LogP contribution is -2.35. The summed E-state index contributed by atoms with van der Waals surface area (Å²) in [6.07, 6.45) is 3.90. The average Bonchev–Trinajstić information content (AvgIpc) is 3.28. The van der Waals surface area contributed by atoms with Gasteiger partial charge in [-0.25, -0.2) is 9.18 Å². The van der Waals surface area contributed by atoms with Gasteiger partial charge in [0.1, 0.15) is 11.4 Å². The van der Waals surface area contributed by atoms with Gasteiger partial charge in [0.2, 0.25) is 5.43 Å². The Morgan fingerprint density at radius 1 is 1.36 bits per heavy atom. The van der Waals surface area contributed by atoms with E-state index in [1.54, 1.807) is 6.92 Å². The van der Waals surface area contributed by atoms with Gasteiger partial charge in [-0.05, 0) is 37.8 Å². The number of carbonyl (C=O) groups is 1. The van der Waals surface area contributed by atoms with Crippen molar-refractivity contribution in [3.63, 3.8) is 0 Å². The number of aromatic nitrogens is 1. The number of halogens is 1. The molecule has 3 fully saturated rings. The first kappa shape index (κ1) is 17.6. The van der Waals surface area contributed by atoms with Crippen LogP contribution in [0.5, 0.6) is 0 Å². The summed E-state index contributed by atoms with van der Waals surface area (Å²) in [6, 6.07) is 1.16. The van der Waals surface area contributed by atoms with Gasteiger partial charge in [0, 0.05) is 30.8 Å². The number of carboxylic acid groups (broad SMARTS) is 1. The third-order valence-electron chi connectivity index (χ3n) is 6.27. The van der Waals surface area contributed by atoms with E-state index in [1.807, 2.05) is 9.47 Å². The molecule has 0 amide bonds. The number of fused-ring (bicyclic) bond motifs is 2. The highest BCUT2D eigenvalue weighted by Crippen LogP contribution is 2.42. The Morgan fingerprint density at radius 2 is 2.11 bits per heavy atom. The van der Waals surface area contributed by atoms with Gasteiger partial charge in [0.05, 0.1) is 29.4 Å². The molecule has 8 heteroatoms. The second-order valence-electron chi connectivity index (χ2n) is 8.05. The first-order valence-electron chi connectivity index (χ1n) is 9.63. The van der Waals surface area contributed by atoms with Gasteiger partial charge >= 0.3 is 5.97 Å². The van der Waals surface area contributed by atoms with E-state index < -0.39 is 17.2 Å². The molecule has 1 aliphatic carbocycles. The third kappa shape index (κ3) is 2.41. The molecule has 28 heavy (non-hydrogen) atoms. The lowest BCUT2D eigenvalue weighted by molar-refractivity contribution is 0.0695. The maximum Gasteiger partial charge on any atom is 0.341 e. The van der Waals surface area contributed by atoms with Gasteiger partial charge < -0.3 is 25.0 Å². The van der Waals surface area contributed by atoms with E-state index in [0.717, 1.165) is 19.3 Å². The summed E-state index contributed by atoms with van der Waals surface area (Å²) >= 11 is 0. The number of aryl methyl sites for hydroxylation is 1. The largest absolute Gasteiger partial charge is 0.477 e. The number of hydrogen-bond acceptors (Lipinski definition) is 5. The first-order chi connectivity index (χ1) is 13.4. The molecule has 148 valence electrons. The summed E-state index contributed by atoms with van der Waals surface area (Å²) in [6.45, 7) is 2.89. The monoisotopic (exact) mass is 387 g/mol. The Morgan fingerprint density at radius 3 is 2.79 bits per heavy atom. The summed E-state index contributed by atoms with van der Waals surface area (Å²) in [5.41, 5.74) is 6.96. The van der Waals surface area contributed by atoms with Gasteiger partial charge in [-0.1, -0.05) is 0 Å². The van der Waals surface area contributed by atoms with E-state index in [4.69, 9.17) is 10.5 Å². The summed E-state index contributed by atoms with van der Waals surface area (Å²) in [5, 5.41) is 9.53. The van der Waals surface area contributed by atoms with Gasteiger partial charge in [0.25, 0.3) is 0 Å². The zero-order valence-electron chi connectivity index (χ0n) is 15.5. The van der Waals surface area contributed by atoms with E-state index in [0.29, 0.717) is 29.9 Å². The minimum absolute atomic E-state index is 0.0139. The number of ether oxygens (including phenoxy) is 1. The van der Waals surface area contributed by atoms with Crippen LogP contribution >= 0.6 is 0 Å². The molecule has 0 spiro atoms. The molecule has 1 aromatic heterocycles. The van der Waals surface area contributed by atoms with Crippen LogP contribution in [0.2, 0.25) is 0 Å². The van der Waals surface area contributed by atoms with E-state index in [2.05, 4.69) is 0 Å². The second kappa shape index (κ2) is 6.02. The normalized spacial score (nSPS) is 26.8. The number of anilines is 1. The average molecular weight is 387 g/mol. The first-order valence-corrected chi connectivity index (χ1v) is 9.63. The maximum atomic E-state index is 15.3. The van der Waals surface area contributed by atoms with Crippen LogP contribution in [0.15, 0.2) is 17.1 Å². The Bertz CT molecular complexity index is 1060. The van der Waals surface area contributed by atoms with Crippen LogP contribution < -0.4 is 16.1 Å². The predicted molar refractivity (Wildman–Crippen MR) is 102 cm³/mol. The fourth-order valence-corrected chi connectivity index (χ4v) is 4.88. The van der Waals surface area contributed by atoms with Crippen molar-refractivity contribution >= 4 is 22.6 Å². The van der Waals surface area contributed by atoms with Crippen molar-refractivity contribution < 1.29 is 19.0 Å². The number of nitrogens with two attached hydrogens (primary N) is 1. The van der Waals surface area contributed by atoms with E-state index >= 15 is 4.39 Å². The van der Waals surface area contributed by atoms with Crippen LogP contribution in [0.25, 0.3) is 10.9 Å². The SMILES string of the molecule is Cc1c(N2CC(N)C3OCCC32)c(F)cc2c(=O)c(C(=O)O)cn(C3CC3)c12. The summed E-state index contributed by atoms with van der Waals surface area (Å²) < 4.78 is 22.8. The zero-order valence-corrected chi connectivity index (χ0v) is 15.5. The molecule has 3 unspecified atom stereocenters. The summed E-state index contributed by atoms with van der Waals surface area (Å²) in [7, 11) is 0. The molecule has 0 radical (unpaired) electrons. The number of carboxylic acids is 1. The Balaban J connectivity index is 1.77. The molecule has 2 aliphatic heterocycles. The molecule has 0 bridgehead atoms. The molecule has 3 heterocycles. The van der Waals surface area contributed by atoms with Gasteiger partial charge in [-0.15, -0.1) is 0 Å². The molecule has 3 atom stereocenters. The topological polar surface area (TPSA) is 97.8 Å². The minimum Gasteiger partial charge on any atom is -0.477 e. The molecule has 7 nitrogen and oxygen atoms in total. The van der Waals surface area contributed by atoms with Crippen LogP contribution in [0.3, 0.4) is 0 Å². The molecule has 1 saturated carbocycles. The molecule has 3 N–H and O–H groups in total. The zero-order chi connectivity index (χ0) is 19.7. The third-order valence-corrected chi connectivity index (χ3v) is 6.27. The van der Waals surface area contributed by atoms with Crippen LogP contribution in [0.1, 0.15) is 41.2 Å². The second-order valence-corrected chi connectivity index (χ2v) is 8.05. The minimum atomic E-state index is -1.29. The highest BCUT2D eigenvalue weighted by Gasteiger charge is 2.45. The van der Waals surface area contributed by atoms with Crippen molar-refractivity contribution in [1.29, 1.82) is 0 Å². The van der Waals surface area contributed by atoms with Crippen molar-refractivity contribution in [2.24, 2.45) is 5.73 Å². The van der Waals surface area contributed by atoms with E-state index in [1.165, 1.54) is 12.3 Å². The fourth-order valence-electron chi connectivity index (χ4n) is 4.88. The quantitative estimate of drug-likeness (QED) is 0.833. The lowest BCUT2D eigenvalue weighted by atomic mass is 10.0. The van der Waals surface area contributed by atoms with E-state index in [-0.39, 0.29) is 35.2 Å². The Labute approximate surface area is 160 Å². The maximum absolute atomic E-state index is 15.3. The Kier molecular flexibility index (Phi) is 3.79.